The molecular weight excluding hydrogens is 303 g/mol. The number of halogens is 2. The maximum atomic E-state index is 13.8. The molecule has 0 saturated carbocycles. The summed E-state index contributed by atoms with van der Waals surface area (Å²) in [5.41, 5.74) is 6.77. The lowest BCUT2D eigenvalue weighted by Gasteiger charge is -2.08. The summed E-state index contributed by atoms with van der Waals surface area (Å²) in [6.07, 6.45) is 1.68. The molecule has 2 N–H and O–H groups in total. The molecule has 110 valence electrons. The lowest BCUT2D eigenvalue weighted by molar-refractivity contribution is -0.114. The van der Waals surface area contributed by atoms with Gasteiger partial charge >= 0.3 is 0 Å². The van der Waals surface area contributed by atoms with E-state index in [-0.39, 0.29) is 11.4 Å². The number of carbonyl (C=O) groups excluding carboxylic acids is 1. The maximum Gasteiger partial charge on any atom is 0.259 e. The van der Waals surface area contributed by atoms with E-state index in [2.05, 4.69) is 0 Å². The van der Waals surface area contributed by atoms with E-state index < -0.39 is 5.91 Å². The van der Waals surface area contributed by atoms with E-state index in [0.717, 1.165) is 5.56 Å². The molecule has 0 aliphatic heterocycles. The van der Waals surface area contributed by atoms with Crippen LogP contribution in [0.1, 0.15) is 16.7 Å². The maximum absolute atomic E-state index is 13.8. The number of carbonyl (C=O) groups is 1. The third-order valence-electron chi connectivity index (χ3n) is 3.13. The normalized spacial score (nSPS) is 11.0. The van der Waals surface area contributed by atoms with Crippen molar-refractivity contribution in [2.75, 3.05) is 0 Å². The predicted molar refractivity (Wildman–Crippen MR) is 83.4 cm³/mol. The van der Waals surface area contributed by atoms with Crippen LogP contribution in [-0.2, 0) is 11.2 Å². The number of rotatable bonds is 4. The zero-order valence-electron chi connectivity index (χ0n) is 11.5. The van der Waals surface area contributed by atoms with Crippen LogP contribution in [0.2, 0.25) is 5.02 Å². The first-order valence-electron chi connectivity index (χ1n) is 6.44. The van der Waals surface area contributed by atoms with E-state index in [0.29, 0.717) is 22.6 Å². The minimum absolute atomic E-state index is 0.183. The van der Waals surface area contributed by atoms with Crippen molar-refractivity contribution in [1.82, 2.24) is 0 Å². The average molecular weight is 315 g/mol. The Morgan fingerprint density at radius 2 is 2.00 bits per heavy atom. The zero-order chi connectivity index (χ0) is 16.1. The zero-order valence-corrected chi connectivity index (χ0v) is 12.3. The molecule has 0 heterocycles. The van der Waals surface area contributed by atoms with Crippen LogP contribution in [0, 0.1) is 17.1 Å². The van der Waals surface area contributed by atoms with Gasteiger partial charge in [0.2, 0.25) is 0 Å². The third kappa shape index (κ3) is 3.72. The average Bonchev–Trinajstić information content (AvgIpc) is 2.49. The second-order valence-electron chi connectivity index (χ2n) is 4.65. The monoisotopic (exact) mass is 314 g/mol. The Kier molecular flexibility index (Phi) is 4.92. The molecule has 0 saturated heterocycles. The van der Waals surface area contributed by atoms with Gasteiger partial charge in [0, 0.05) is 11.4 Å². The van der Waals surface area contributed by atoms with Crippen molar-refractivity contribution in [2.45, 2.75) is 6.42 Å². The van der Waals surface area contributed by atoms with Gasteiger partial charge in [-0.25, -0.2) is 4.39 Å². The first-order valence-corrected chi connectivity index (χ1v) is 6.82. The molecule has 0 spiro atoms. The van der Waals surface area contributed by atoms with Gasteiger partial charge in [-0.15, -0.1) is 0 Å². The van der Waals surface area contributed by atoms with Crippen LogP contribution in [0.3, 0.4) is 0 Å². The van der Waals surface area contributed by atoms with Crippen molar-refractivity contribution < 1.29 is 9.18 Å². The molecule has 0 bridgehead atoms. The van der Waals surface area contributed by atoms with Crippen LogP contribution >= 0.6 is 11.6 Å². The molecular formula is C17H12ClFN2O. The Labute approximate surface area is 132 Å². The largest absolute Gasteiger partial charge is 0.365 e. The van der Waals surface area contributed by atoms with E-state index in [1.54, 1.807) is 42.5 Å². The Morgan fingerprint density at radius 3 is 2.64 bits per heavy atom. The fourth-order valence-electron chi connectivity index (χ4n) is 2.02. The Hall–Kier alpha value is -2.64. The summed E-state index contributed by atoms with van der Waals surface area (Å²) < 4.78 is 13.8. The molecule has 1 amide bonds. The minimum atomic E-state index is -0.820. The number of amides is 1. The van der Waals surface area contributed by atoms with Gasteiger partial charge in [0.25, 0.3) is 5.91 Å². The first kappa shape index (κ1) is 15.7. The van der Waals surface area contributed by atoms with Crippen LogP contribution in [0.25, 0.3) is 6.08 Å². The van der Waals surface area contributed by atoms with Crippen LogP contribution in [-0.4, -0.2) is 5.91 Å². The number of hydrogen-bond acceptors (Lipinski definition) is 2. The second-order valence-corrected chi connectivity index (χ2v) is 5.08. The van der Waals surface area contributed by atoms with Crippen LogP contribution in [0.4, 0.5) is 4.39 Å². The summed E-state index contributed by atoms with van der Waals surface area (Å²) in [6, 6.07) is 13.2. The molecule has 0 unspecified atom stereocenters. The van der Waals surface area contributed by atoms with Gasteiger partial charge in [-0.2, -0.15) is 5.26 Å². The Balaban J connectivity index is 2.47. The van der Waals surface area contributed by atoms with Crippen molar-refractivity contribution in [3.05, 3.63) is 75.6 Å². The predicted octanol–water partition coefficient (Wildman–Crippen LogP) is 3.46. The number of nitrogens with zero attached hydrogens (tertiary/aromatic N) is 1. The molecule has 2 aromatic rings. The van der Waals surface area contributed by atoms with Gasteiger partial charge in [-0.1, -0.05) is 35.9 Å². The smallest absolute Gasteiger partial charge is 0.259 e. The van der Waals surface area contributed by atoms with Gasteiger partial charge in [0.1, 0.15) is 17.5 Å². The lowest BCUT2D eigenvalue weighted by Crippen LogP contribution is -2.12. The number of hydrogen-bond donors (Lipinski definition) is 1. The molecule has 2 rings (SSSR count). The summed E-state index contributed by atoms with van der Waals surface area (Å²) in [4.78, 5) is 11.2. The molecule has 0 aromatic heterocycles. The Bertz CT molecular complexity index is 793. The summed E-state index contributed by atoms with van der Waals surface area (Å²) >= 11 is 5.95. The minimum Gasteiger partial charge on any atom is -0.365 e. The van der Waals surface area contributed by atoms with Gasteiger partial charge in [-0.05, 0) is 41.0 Å². The number of nitriles is 1. The standard InChI is InChI=1S/C17H12ClFN2O/c18-15-6-5-11(7-12-3-1-2-4-16(12)19)13(9-15)8-14(10-20)17(21)22/h1-6,8-9H,7H2,(H2,21,22)/b14-8+. The lowest BCUT2D eigenvalue weighted by atomic mass is 9.98. The van der Waals surface area contributed by atoms with E-state index in [4.69, 9.17) is 22.6 Å². The van der Waals surface area contributed by atoms with Crippen molar-refractivity contribution in [2.24, 2.45) is 5.73 Å². The molecule has 0 atom stereocenters. The molecule has 0 radical (unpaired) electrons. The molecule has 2 aromatic carbocycles. The second kappa shape index (κ2) is 6.88. The van der Waals surface area contributed by atoms with E-state index in [1.165, 1.54) is 12.1 Å². The van der Waals surface area contributed by atoms with E-state index >= 15 is 0 Å². The highest BCUT2D eigenvalue weighted by molar-refractivity contribution is 6.30. The summed E-state index contributed by atoms with van der Waals surface area (Å²) in [5, 5.41) is 9.39. The number of primary amides is 1. The van der Waals surface area contributed by atoms with Gasteiger partial charge in [0.05, 0.1) is 0 Å². The van der Waals surface area contributed by atoms with Crippen molar-refractivity contribution >= 4 is 23.6 Å². The van der Waals surface area contributed by atoms with E-state index in [9.17, 15) is 9.18 Å². The molecule has 22 heavy (non-hydrogen) atoms. The molecule has 0 fully saturated rings. The highest BCUT2D eigenvalue weighted by atomic mass is 35.5. The summed E-state index contributed by atoms with van der Waals surface area (Å²) in [6.45, 7) is 0. The van der Waals surface area contributed by atoms with Gasteiger partial charge < -0.3 is 5.73 Å². The number of nitrogens with two attached hydrogens (primary N) is 1. The quantitative estimate of drug-likeness (QED) is 0.693. The molecule has 3 nitrogen and oxygen atoms in total. The third-order valence-corrected chi connectivity index (χ3v) is 3.37. The van der Waals surface area contributed by atoms with Crippen molar-refractivity contribution in [1.29, 1.82) is 5.26 Å². The van der Waals surface area contributed by atoms with Crippen molar-refractivity contribution in [3.63, 3.8) is 0 Å². The Morgan fingerprint density at radius 1 is 1.27 bits per heavy atom. The van der Waals surface area contributed by atoms with Gasteiger partial charge in [-0.3, -0.25) is 4.79 Å². The fourth-order valence-corrected chi connectivity index (χ4v) is 2.20. The number of benzene rings is 2. The summed E-state index contributed by atoms with van der Waals surface area (Å²) in [5.74, 6) is -1.14. The van der Waals surface area contributed by atoms with Crippen LogP contribution in [0.5, 0.6) is 0 Å². The highest BCUT2D eigenvalue weighted by Crippen LogP contribution is 2.22. The topological polar surface area (TPSA) is 66.9 Å². The van der Waals surface area contributed by atoms with Gasteiger partial charge in [0.15, 0.2) is 0 Å². The van der Waals surface area contributed by atoms with Crippen LogP contribution < -0.4 is 5.73 Å². The molecule has 5 heteroatoms. The summed E-state index contributed by atoms with van der Waals surface area (Å²) in [7, 11) is 0. The highest BCUT2D eigenvalue weighted by Gasteiger charge is 2.09. The first-order chi connectivity index (χ1) is 10.5. The molecule has 0 aliphatic rings. The molecule has 0 aliphatic carbocycles. The fraction of sp³-hybridized carbons (Fsp3) is 0.0588. The van der Waals surface area contributed by atoms with Crippen LogP contribution in [0.15, 0.2) is 48.0 Å². The van der Waals surface area contributed by atoms with Crippen molar-refractivity contribution in [3.8, 4) is 6.07 Å². The SMILES string of the molecule is N#C/C(=C\c1cc(Cl)ccc1Cc1ccccc1F)C(N)=O. The van der Waals surface area contributed by atoms with E-state index in [1.807, 2.05) is 0 Å².